The van der Waals surface area contributed by atoms with Crippen molar-refractivity contribution in [1.29, 1.82) is 0 Å². The molecule has 29 heavy (non-hydrogen) atoms. The van der Waals surface area contributed by atoms with Gasteiger partial charge in [-0.15, -0.1) is 11.3 Å². The molecule has 8 heteroatoms. The lowest BCUT2D eigenvalue weighted by atomic mass is 10.2. The highest BCUT2D eigenvalue weighted by atomic mass is 32.1. The van der Waals surface area contributed by atoms with Crippen molar-refractivity contribution in [3.8, 4) is 11.5 Å². The van der Waals surface area contributed by atoms with Crippen LogP contribution in [0.5, 0.6) is 11.5 Å². The molecule has 0 saturated heterocycles. The Labute approximate surface area is 173 Å². The average Bonchev–Trinajstić information content (AvgIpc) is 3.34. The number of hydrogen-bond donors (Lipinski definition) is 1. The molecule has 0 atom stereocenters. The molecule has 1 amide bonds. The molecule has 7 nitrogen and oxygen atoms in total. The van der Waals surface area contributed by atoms with Gasteiger partial charge in [0.05, 0.1) is 31.8 Å². The van der Waals surface area contributed by atoms with Gasteiger partial charge in [0.1, 0.15) is 5.82 Å². The summed E-state index contributed by atoms with van der Waals surface area (Å²) >= 11 is 1.45. The number of carbonyl (C=O) groups excluding carboxylic acids is 2. The molecule has 0 aliphatic carbocycles. The predicted molar refractivity (Wildman–Crippen MR) is 112 cm³/mol. The molecule has 152 valence electrons. The molecule has 1 N–H and O–H groups in total. The van der Waals surface area contributed by atoms with Crippen LogP contribution in [0.25, 0.3) is 0 Å². The van der Waals surface area contributed by atoms with E-state index in [1.54, 1.807) is 37.2 Å². The third-order valence-corrected chi connectivity index (χ3v) is 5.42. The summed E-state index contributed by atoms with van der Waals surface area (Å²) in [4.78, 5) is 26.3. The molecular weight excluding hydrogens is 390 g/mol. The van der Waals surface area contributed by atoms with E-state index in [0.717, 1.165) is 10.4 Å². The second kappa shape index (κ2) is 9.38. The summed E-state index contributed by atoms with van der Waals surface area (Å²) in [5.74, 6) is 1.56. The number of amides is 1. The molecule has 2 heterocycles. The van der Waals surface area contributed by atoms with Gasteiger partial charge in [0.2, 0.25) is 5.91 Å². The number of rotatable bonds is 9. The molecule has 0 radical (unpaired) electrons. The van der Waals surface area contributed by atoms with E-state index in [1.807, 2.05) is 31.2 Å². The molecule has 3 rings (SSSR count). The van der Waals surface area contributed by atoms with E-state index in [4.69, 9.17) is 9.47 Å². The van der Waals surface area contributed by atoms with Crippen molar-refractivity contribution in [1.82, 2.24) is 9.78 Å². The molecular formula is C21H23N3O4S. The van der Waals surface area contributed by atoms with Crippen LogP contribution in [-0.2, 0) is 11.3 Å². The van der Waals surface area contributed by atoms with Crippen molar-refractivity contribution >= 4 is 28.8 Å². The summed E-state index contributed by atoms with van der Waals surface area (Å²) < 4.78 is 12.4. The number of methoxy groups -OCH3 is 2. The number of aromatic nitrogens is 2. The molecule has 3 aromatic rings. The Morgan fingerprint density at radius 2 is 1.93 bits per heavy atom. The van der Waals surface area contributed by atoms with Gasteiger partial charge in [-0.1, -0.05) is 12.1 Å². The Hall–Kier alpha value is -3.13. The Balaban J connectivity index is 1.63. The van der Waals surface area contributed by atoms with Crippen LogP contribution in [0, 0.1) is 6.92 Å². The molecule has 0 spiro atoms. The minimum atomic E-state index is -0.231. The molecule has 2 aromatic heterocycles. The first kappa shape index (κ1) is 20.6. The van der Waals surface area contributed by atoms with E-state index in [2.05, 4.69) is 10.4 Å². The fourth-order valence-electron chi connectivity index (χ4n) is 2.94. The summed E-state index contributed by atoms with van der Waals surface area (Å²) in [5.41, 5.74) is 0.870. The first-order chi connectivity index (χ1) is 14.0. The van der Waals surface area contributed by atoms with E-state index in [1.165, 1.54) is 11.3 Å². The Kier molecular flexibility index (Phi) is 6.66. The highest BCUT2D eigenvalue weighted by molar-refractivity contribution is 7.14. The molecule has 0 bridgehead atoms. The highest BCUT2D eigenvalue weighted by Gasteiger charge is 2.15. The van der Waals surface area contributed by atoms with Crippen molar-refractivity contribution in [3.63, 3.8) is 0 Å². The number of nitrogens with one attached hydrogen (secondary N) is 1. The van der Waals surface area contributed by atoms with Crippen molar-refractivity contribution < 1.29 is 19.1 Å². The van der Waals surface area contributed by atoms with Gasteiger partial charge in [0.15, 0.2) is 17.3 Å². The van der Waals surface area contributed by atoms with Crippen LogP contribution < -0.4 is 14.8 Å². The van der Waals surface area contributed by atoms with E-state index in [0.29, 0.717) is 28.7 Å². The highest BCUT2D eigenvalue weighted by Crippen LogP contribution is 2.31. The number of anilines is 1. The van der Waals surface area contributed by atoms with Crippen molar-refractivity contribution in [2.45, 2.75) is 26.3 Å². The zero-order valence-electron chi connectivity index (χ0n) is 16.6. The third kappa shape index (κ3) is 5.03. The minimum Gasteiger partial charge on any atom is -0.493 e. The number of ketones is 1. The smallest absolute Gasteiger partial charge is 0.225 e. The van der Waals surface area contributed by atoms with Crippen molar-refractivity contribution in [2.75, 3.05) is 19.5 Å². The Bertz CT molecular complexity index is 1010. The second-order valence-electron chi connectivity index (χ2n) is 6.41. The molecule has 0 aliphatic rings. The van der Waals surface area contributed by atoms with E-state index >= 15 is 0 Å². The average molecular weight is 413 g/mol. The lowest BCUT2D eigenvalue weighted by Crippen LogP contribution is -2.17. The standard InChI is InChI=1S/C21H23N3O4S/c1-14-7-9-18(29-14)16(25)8-10-20(26)23-19-11-12-22-24(19)13-15-5-4-6-17(27-2)21(15)28-3/h4-7,9,11-12H,8,10,13H2,1-3H3,(H,23,26). The van der Waals surface area contributed by atoms with Gasteiger partial charge in [0, 0.05) is 29.3 Å². The molecule has 0 aliphatic heterocycles. The minimum absolute atomic E-state index is 0.0205. The fourth-order valence-corrected chi connectivity index (χ4v) is 3.78. The Morgan fingerprint density at radius 3 is 2.62 bits per heavy atom. The molecule has 1 aromatic carbocycles. The van der Waals surface area contributed by atoms with Crippen LogP contribution in [-0.4, -0.2) is 35.7 Å². The number of carbonyl (C=O) groups is 2. The monoisotopic (exact) mass is 413 g/mol. The summed E-state index contributed by atoms with van der Waals surface area (Å²) in [5, 5.41) is 7.11. The molecule has 0 unspecified atom stereocenters. The number of ether oxygens (including phenoxy) is 2. The first-order valence-electron chi connectivity index (χ1n) is 9.13. The maximum absolute atomic E-state index is 12.3. The van der Waals surface area contributed by atoms with Gasteiger partial charge in [-0.3, -0.25) is 9.59 Å². The van der Waals surface area contributed by atoms with Gasteiger partial charge in [-0.25, -0.2) is 4.68 Å². The third-order valence-electron chi connectivity index (χ3n) is 4.38. The van der Waals surface area contributed by atoms with Crippen LogP contribution in [0.4, 0.5) is 5.82 Å². The Morgan fingerprint density at radius 1 is 1.10 bits per heavy atom. The number of nitrogens with zero attached hydrogens (tertiary/aromatic N) is 2. The number of thiophene rings is 1. The number of para-hydroxylation sites is 1. The fraction of sp³-hybridized carbons (Fsp3) is 0.286. The quantitative estimate of drug-likeness (QED) is 0.538. The zero-order chi connectivity index (χ0) is 20.8. The zero-order valence-corrected chi connectivity index (χ0v) is 17.4. The van der Waals surface area contributed by atoms with E-state index in [9.17, 15) is 9.59 Å². The first-order valence-corrected chi connectivity index (χ1v) is 9.94. The van der Waals surface area contributed by atoms with Gasteiger partial charge < -0.3 is 14.8 Å². The largest absolute Gasteiger partial charge is 0.493 e. The summed E-state index contributed by atoms with van der Waals surface area (Å²) in [6, 6.07) is 11.0. The van der Waals surface area contributed by atoms with E-state index in [-0.39, 0.29) is 24.5 Å². The van der Waals surface area contributed by atoms with Gasteiger partial charge in [-0.2, -0.15) is 5.10 Å². The van der Waals surface area contributed by atoms with Gasteiger partial charge >= 0.3 is 0 Å². The van der Waals surface area contributed by atoms with E-state index < -0.39 is 0 Å². The van der Waals surface area contributed by atoms with Crippen molar-refractivity contribution in [2.24, 2.45) is 0 Å². The topological polar surface area (TPSA) is 82.5 Å². The molecule has 0 fully saturated rings. The lowest BCUT2D eigenvalue weighted by molar-refractivity contribution is -0.116. The second-order valence-corrected chi connectivity index (χ2v) is 7.70. The van der Waals surface area contributed by atoms with Crippen LogP contribution in [0.3, 0.4) is 0 Å². The van der Waals surface area contributed by atoms with Crippen LogP contribution >= 0.6 is 11.3 Å². The van der Waals surface area contributed by atoms with Crippen molar-refractivity contribution in [3.05, 3.63) is 57.9 Å². The van der Waals surface area contributed by atoms with Crippen LogP contribution in [0.2, 0.25) is 0 Å². The summed E-state index contributed by atoms with van der Waals surface area (Å²) in [7, 11) is 3.17. The number of hydrogen-bond acceptors (Lipinski definition) is 6. The maximum atomic E-state index is 12.3. The lowest BCUT2D eigenvalue weighted by Gasteiger charge is -2.14. The normalized spacial score (nSPS) is 10.6. The maximum Gasteiger partial charge on any atom is 0.225 e. The summed E-state index contributed by atoms with van der Waals surface area (Å²) in [6.45, 7) is 2.35. The number of benzene rings is 1. The SMILES string of the molecule is COc1cccc(Cn2nccc2NC(=O)CCC(=O)c2ccc(C)s2)c1OC. The molecule has 0 saturated carbocycles. The van der Waals surface area contributed by atoms with Gasteiger partial charge in [-0.05, 0) is 25.1 Å². The number of aryl methyl sites for hydroxylation is 1. The number of Topliss-reactive ketones (excluding diaryl/α,β-unsaturated/α-hetero) is 1. The predicted octanol–water partition coefficient (Wildman–Crippen LogP) is 3.92. The van der Waals surface area contributed by atoms with Crippen LogP contribution in [0.15, 0.2) is 42.6 Å². The van der Waals surface area contributed by atoms with Gasteiger partial charge in [0.25, 0.3) is 0 Å². The van der Waals surface area contributed by atoms with Crippen LogP contribution in [0.1, 0.15) is 33.0 Å². The summed E-state index contributed by atoms with van der Waals surface area (Å²) in [6.07, 6.45) is 1.90.